The number of alkyl halides is 2. The zero-order valence-electron chi connectivity index (χ0n) is 17.3. The molecule has 3 N–H and O–H groups in total. The summed E-state index contributed by atoms with van der Waals surface area (Å²) in [5.74, 6) is -4.07. The molecule has 2 heterocycles. The zero-order chi connectivity index (χ0) is 22.3. The largest absolute Gasteiger partial charge is 0.351 e. The molecule has 0 bridgehead atoms. The van der Waals surface area contributed by atoms with Crippen molar-refractivity contribution in [1.29, 1.82) is 5.26 Å². The molecule has 1 aromatic heterocycles. The quantitative estimate of drug-likeness (QED) is 0.691. The van der Waals surface area contributed by atoms with Crippen LogP contribution in [-0.2, 0) is 10.7 Å². The summed E-state index contributed by atoms with van der Waals surface area (Å²) in [7, 11) is 0. The number of urea groups is 1. The molecule has 2 saturated carbocycles. The Hall–Kier alpha value is -2.76. The first-order valence-electron chi connectivity index (χ1n) is 10.8. The van der Waals surface area contributed by atoms with Crippen molar-refractivity contribution in [2.75, 3.05) is 13.1 Å². The fourth-order valence-corrected chi connectivity index (χ4v) is 4.97. The van der Waals surface area contributed by atoms with E-state index in [0.29, 0.717) is 38.8 Å². The lowest BCUT2D eigenvalue weighted by atomic mass is 9.83. The number of pyridine rings is 1. The number of nitriles is 1. The molecule has 0 radical (unpaired) electrons. The Morgan fingerprint density at radius 3 is 2.58 bits per heavy atom. The van der Waals surface area contributed by atoms with E-state index in [0.717, 1.165) is 6.42 Å². The molecule has 3 aliphatic rings. The molecule has 1 aromatic rings. The topological polar surface area (TPSA) is 112 Å². The Morgan fingerprint density at radius 1 is 1.32 bits per heavy atom. The predicted octanol–water partition coefficient (Wildman–Crippen LogP) is 2.92. The van der Waals surface area contributed by atoms with E-state index >= 15 is 0 Å². The van der Waals surface area contributed by atoms with Gasteiger partial charge in [-0.3, -0.25) is 9.78 Å². The maximum absolute atomic E-state index is 14.7. The van der Waals surface area contributed by atoms with Gasteiger partial charge in [0.25, 0.3) is 5.92 Å². The minimum absolute atomic E-state index is 0.0167. The highest BCUT2D eigenvalue weighted by molar-refractivity contribution is 5.81. The maximum Gasteiger partial charge on any atom is 0.314 e. The number of nitrogens with one attached hydrogen (secondary N) is 1. The van der Waals surface area contributed by atoms with Crippen molar-refractivity contribution < 1.29 is 18.4 Å². The SMILES string of the molecule is N#CC1(NC(=O)[C@@H](CCC(F)(F)c2ccccn2)C2CC23CCN(C(N)=O)CC3)CC1. The number of carbonyl (C=O) groups is 2. The van der Waals surface area contributed by atoms with Crippen LogP contribution >= 0.6 is 0 Å². The summed E-state index contributed by atoms with van der Waals surface area (Å²) >= 11 is 0. The van der Waals surface area contributed by atoms with Gasteiger partial charge in [0.05, 0.1) is 6.07 Å². The number of hydrogen-bond donors (Lipinski definition) is 2. The van der Waals surface area contributed by atoms with Crippen LogP contribution in [0.15, 0.2) is 24.4 Å². The first-order valence-corrected chi connectivity index (χ1v) is 10.8. The van der Waals surface area contributed by atoms with E-state index in [1.165, 1.54) is 18.3 Å². The molecule has 2 atom stereocenters. The number of hydrogen-bond acceptors (Lipinski definition) is 4. The van der Waals surface area contributed by atoms with Crippen LogP contribution in [-0.4, -0.2) is 40.5 Å². The van der Waals surface area contributed by atoms with Crippen LogP contribution in [0.4, 0.5) is 13.6 Å². The number of nitrogens with zero attached hydrogens (tertiary/aromatic N) is 3. The Labute approximate surface area is 180 Å². The molecule has 3 amide bonds. The molecule has 7 nitrogen and oxygen atoms in total. The highest BCUT2D eigenvalue weighted by atomic mass is 19.3. The van der Waals surface area contributed by atoms with Gasteiger partial charge in [0.15, 0.2) is 0 Å². The molecule has 0 aromatic carbocycles. The second-order valence-corrected chi connectivity index (χ2v) is 9.25. The third-order valence-corrected chi connectivity index (χ3v) is 7.28. The van der Waals surface area contributed by atoms with Crippen molar-refractivity contribution in [2.45, 2.75) is 56.4 Å². The first kappa shape index (κ1) is 21.5. The van der Waals surface area contributed by atoms with Crippen molar-refractivity contribution >= 4 is 11.9 Å². The van der Waals surface area contributed by atoms with Gasteiger partial charge in [-0.2, -0.15) is 14.0 Å². The van der Waals surface area contributed by atoms with Gasteiger partial charge in [-0.15, -0.1) is 0 Å². The van der Waals surface area contributed by atoms with Crippen LogP contribution in [0.2, 0.25) is 0 Å². The van der Waals surface area contributed by atoms with Crippen molar-refractivity contribution in [3.63, 3.8) is 0 Å². The van der Waals surface area contributed by atoms with Gasteiger partial charge in [0.1, 0.15) is 11.2 Å². The molecular weight excluding hydrogens is 404 g/mol. The van der Waals surface area contributed by atoms with Crippen LogP contribution in [0.3, 0.4) is 0 Å². The normalized spacial score (nSPS) is 24.2. The molecule has 1 spiro atoms. The Kier molecular flexibility index (Phi) is 5.36. The van der Waals surface area contributed by atoms with Gasteiger partial charge in [-0.05, 0) is 62.0 Å². The number of likely N-dealkylation sites (tertiary alicyclic amines) is 1. The van der Waals surface area contributed by atoms with Crippen LogP contribution < -0.4 is 11.1 Å². The second kappa shape index (κ2) is 7.74. The van der Waals surface area contributed by atoms with E-state index in [-0.39, 0.29) is 29.4 Å². The second-order valence-electron chi connectivity index (χ2n) is 9.25. The van der Waals surface area contributed by atoms with Gasteiger partial charge < -0.3 is 16.0 Å². The third kappa shape index (κ3) is 4.34. The lowest BCUT2D eigenvalue weighted by molar-refractivity contribution is -0.127. The van der Waals surface area contributed by atoms with Crippen molar-refractivity contribution in [3.05, 3.63) is 30.1 Å². The number of carbonyl (C=O) groups excluding carboxylic acids is 2. The van der Waals surface area contributed by atoms with Crippen LogP contribution in [0.25, 0.3) is 0 Å². The summed E-state index contributed by atoms with van der Waals surface area (Å²) in [5, 5.41) is 12.1. The smallest absolute Gasteiger partial charge is 0.314 e. The standard InChI is InChI=1S/C22H27F2N5O2/c23-22(24,17-3-1-2-10-27-17)5-4-15(18(30)28-21(14-25)6-7-21)16-13-20(16)8-11-29(12-9-20)19(26)31/h1-3,10,15-16H,4-9,11-13H2,(H2,26,31)(H,28,30)/t15-,16?/m0/s1. The number of primary amides is 1. The number of nitrogens with two attached hydrogens (primary N) is 1. The van der Waals surface area contributed by atoms with E-state index in [1.54, 1.807) is 11.0 Å². The van der Waals surface area contributed by atoms with E-state index in [4.69, 9.17) is 5.73 Å². The number of aromatic nitrogens is 1. The average Bonchev–Trinajstić information content (AvgIpc) is 3.67. The number of halogens is 2. The number of piperidine rings is 1. The van der Waals surface area contributed by atoms with Crippen LogP contribution in [0.1, 0.15) is 50.6 Å². The molecule has 31 heavy (non-hydrogen) atoms. The Bertz CT molecular complexity index is 889. The lowest BCUT2D eigenvalue weighted by Gasteiger charge is -2.33. The third-order valence-electron chi connectivity index (χ3n) is 7.28. The predicted molar refractivity (Wildman–Crippen MR) is 108 cm³/mol. The molecule has 3 fully saturated rings. The summed E-state index contributed by atoms with van der Waals surface area (Å²) < 4.78 is 29.5. The van der Waals surface area contributed by atoms with E-state index in [9.17, 15) is 23.6 Å². The van der Waals surface area contributed by atoms with E-state index in [2.05, 4.69) is 16.4 Å². The van der Waals surface area contributed by atoms with Crippen molar-refractivity contribution in [3.8, 4) is 6.07 Å². The summed E-state index contributed by atoms with van der Waals surface area (Å²) in [6.07, 6.45) is 4.25. The molecule has 9 heteroatoms. The van der Waals surface area contributed by atoms with Gasteiger partial charge in [0.2, 0.25) is 5.91 Å². The van der Waals surface area contributed by atoms with Gasteiger partial charge in [0, 0.05) is 31.6 Å². The minimum Gasteiger partial charge on any atom is -0.351 e. The zero-order valence-corrected chi connectivity index (χ0v) is 17.3. The Morgan fingerprint density at radius 2 is 2.03 bits per heavy atom. The molecule has 4 rings (SSSR count). The van der Waals surface area contributed by atoms with Gasteiger partial charge >= 0.3 is 6.03 Å². The summed E-state index contributed by atoms with van der Waals surface area (Å²) in [6.45, 7) is 1.04. The highest BCUT2D eigenvalue weighted by Gasteiger charge is 2.60. The minimum atomic E-state index is -3.14. The molecule has 1 unspecified atom stereocenters. The molecule has 166 valence electrons. The molecule has 2 aliphatic carbocycles. The van der Waals surface area contributed by atoms with Crippen LogP contribution in [0.5, 0.6) is 0 Å². The maximum atomic E-state index is 14.7. The lowest BCUT2D eigenvalue weighted by Crippen LogP contribution is -2.44. The summed E-state index contributed by atoms with van der Waals surface area (Å²) in [4.78, 5) is 29.9. The summed E-state index contributed by atoms with van der Waals surface area (Å²) in [5.41, 5.74) is 4.11. The monoisotopic (exact) mass is 431 g/mol. The molecule has 1 saturated heterocycles. The van der Waals surface area contributed by atoms with Crippen LogP contribution in [0, 0.1) is 28.6 Å². The fourth-order valence-electron chi connectivity index (χ4n) is 4.97. The van der Waals surface area contributed by atoms with E-state index < -0.39 is 29.8 Å². The van der Waals surface area contributed by atoms with Gasteiger partial charge in [-0.25, -0.2) is 4.79 Å². The van der Waals surface area contributed by atoms with Crippen molar-refractivity contribution in [2.24, 2.45) is 23.0 Å². The molecular formula is C22H27F2N5O2. The Balaban J connectivity index is 1.46. The molecule has 1 aliphatic heterocycles. The number of amides is 3. The number of rotatable bonds is 7. The first-order chi connectivity index (χ1) is 14.7. The fraction of sp³-hybridized carbons (Fsp3) is 0.636. The van der Waals surface area contributed by atoms with E-state index in [1.807, 2.05) is 0 Å². The van der Waals surface area contributed by atoms with Crippen molar-refractivity contribution in [1.82, 2.24) is 15.2 Å². The highest BCUT2D eigenvalue weighted by Crippen LogP contribution is 2.63. The average molecular weight is 431 g/mol. The van der Waals surface area contributed by atoms with Gasteiger partial charge in [-0.1, -0.05) is 6.07 Å². The summed E-state index contributed by atoms with van der Waals surface area (Å²) in [6, 6.07) is 6.08.